The van der Waals surface area contributed by atoms with Crippen LogP contribution < -0.4 is 5.32 Å². The number of anilines is 1. The van der Waals surface area contributed by atoms with Crippen LogP contribution >= 0.6 is 22.3 Å². The van der Waals surface area contributed by atoms with E-state index in [-0.39, 0.29) is 15.5 Å². The molecule has 0 aliphatic heterocycles. The molecular formula is C13H8Cl2FNO3S. The summed E-state index contributed by atoms with van der Waals surface area (Å²) in [6.07, 6.45) is 0. The SMILES string of the molecule is O=C(Nc1ccc(S(=O)(=O)Cl)c(Cl)c1)c1ccc(F)cc1. The van der Waals surface area contributed by atoms with Crippen molar-refractivity contribution in [3.05, 3.63) is 58.9 Å². The van der Waals surface area contributed by atoms with Gasteiger partial charge in [0, 0.05) is 21.9 Å². The number of carbonyl (C=O) groups is 1. The van der Waals surface area contributed by atoms with Crippen molar-refractivity contribution in [2.24, 2.45) is 0 Å². The van der Waals surface area contributed by atoms with E-state index in [2.05, 4.69) is 5.32 Å². The smallest absolute Gasteiger partial charge is 0.262 e. The first-order valence-corrected chi connectivity index (χ1v) is 8.27. The van der Waals surface area contributed by atoms with Gasteiger partial charge in [-0.05, 0) is 42.5 Å². The summed E-state index contributed by atoms with van der Waals surface area (Å²) in [7, 11) is 1.25. The summed E-state index contributed by atoms with van der Waals surface area (Å²) in [4.78, 5) is 11.7. The van der Waals surface area contributed by atoms with E-state index in [9.17, 15) is 17.6 Å². The largest absolute Gasteiger partial charge is 0.322 e. The molecule has 8 heteroatoms. The average Bonchev–Trinajstić information content (AvgIpc) is 2.37. The molecule has 0 bridgehead atoms. The molecule has 0 spiro atoms. The second-order valence-corrected chi connectivity index (χ2v) is 6.99. The number of hydrogen-bond acceptors (Lipinski definition) is 3. The molecule has 0 fully saturated rings. The summed E-state index contributed by atoms with van der Waals surface area (Å²) < 4.78 is 35.2. The molecule has 1 N–H and O–H groups in total. The normalized spacial score (nSPS) is 11.2. The molecule has 21 heavy (non-hydrogen) atoms. The van der Waals surface area contributed by atoms with Crippen molar-refractivity contribution in [2.45, 2.75) is 4.90 Å². The maximum absolute atomic E-state index is 12.8. The lowest BCUT2D eigenvalue weighted by Crippen LogP contribution is -2.12. The number of halogens is 3. The van der Waals surface area contributed by atoms with Crippen LogP contribution in [0.1, 0.15) is 10.4 Å². The van der Waals surface area contributed by atoms with Crippen molar-refractivity contribution in [3.8, 4) is 0 Å². The molecule has 4 nitrogen and oxygen atoms in total. The maximum atomic E-state index is 12.8. The standard InChI is InChI=1S/C13H8Cl2FNO3S/c14-11-7-10(5-6-12(11)21(15,19)20)17-13(18)8-1-3-9(16)4-2-8/h1-7H,(H,17,18). The van der Waals surface area contributed by atoms with Crippen molar-refractivity contribution in [1.29, 1.82) is 0 Å². The second kappa shape index (κ2) is 6.01. The van der Waals surface area contributed by atoms with Gasteiger partial charge in [-0.25, -0.2) is 12.8 Å². The Hall–Kier alpha value is -1.63. The van der Waals surface area contributed by atoms with Gasteiger partial charge in [0.25, 0.3) is 15.0 Å². The third-order valence-electron chi connectivity index (χ3n) is 2.56. The molecule has 2 rings (SSSR count). The summed E-state index contributed by atoms with van der Waals surface area (Å²) in [5, 5.41) is 2.40. The molecule has 0 saturated heterocycles. The molecule has 0 atom stereocenters. The number of amides is 1. The van der Waals surface area contributed by atoms with Crippen LogP contribution in [0, 0.1) is 5.82 Å². The average molecular weight is 348 g/mol. The van der Waals surface area contributed by atoms with Crippen LogP contribution in [0.25, 0.3) is 0 Å². The van der Waals surface area contributed by atoms with Crippen molar-refractivity contribution >= 4 is 42.9 Å². The Morgan fingerprint density at radius 2 is 1.71 bits per heavy atom. The second-order valence-electron chi connectivity index (χ2n) is 4.04. The van der Waals surface area contributed by atoms with Crippen molar-refractivity contribution < 1.29 is 17.6 Å². The van der Waals surface area contributed by atoms with E-state index < -0.39 is 20.8 Å². The lowest BCUT2D eigenvalue weighted by atomic mass is 10.2. The molecule has 0 unspecified atom stereocenters. The van der Waals surface area contributed by atoms with E-state index >= 15 is 0 Å². The Morgan fingerprint density at radius 1 is 1.10 bits per heavy atom. The lowest BCUT2D eigenvalue weighted by molar-refractivity contribution is 0.102. The van der Waals surface area contributed by atoms with Gasteiger partial charge in [-0.15, -0.1) is 0 Å². The molecule has 0 aliphatic rings. The third kappa shape index (κ3) is 3.93. The minimum Gasteiger partial charge on any atom is -0.322 e. The molecule has 2 aromatic carbocycles. The molecule has 0 heterocycles. The fourth-order valence-corrected chi connectivity index (χ4v) is 3.11. The van der Waals surface area contributed by atoms with E-state index in [4.69, 9.17) is 22.3 Å². The highest BCUT2D eigenvalue weighted by atomic mass is 35.7. The highest BCUT2D eigenvalue weighted by Gasteiger charge is 2.15. The number of nitrogens with one attached hydrogen (secondary N) is 1. The van der Waals surface area contributed by atoms with Gasteiger partial charge in [0.1, 0.15) is 10.7 Å². The van der Waals surface area contributed by atoms with Gasteiger partial charge in [0.05, 0.1) is 5.02 Å². The number of hydrogen-bond donors (Lipinski definition) is 1. The van der Waals surface area contributed by atoms with Gasteiger partial charge in [-0.2, -0.15) is 0 Å². The number of rotatable bonds is 3. The first kappa shape index (κ1) is 15.8. The third-order valence-corrected chi connectivity index (χ3v) is 4.36. The Morgan fingerprint density at radius 3 is 2.24 bits per heavy atom. The zero-order valence-corrected chi connectivity index (χ0v) is 12.6. The Balaban J connectivity index is 2.22. The van der Waals surface area contributed by atoms with Gasteiger partial charge in [-0.1, -0.05) is 11.6 Å². The predicted octanol–water partition coefficient (Wildman–Crippen LogP) is 3.66. The van der Waals surface area contributed by atoms with E-state index in [1.807, 2.05) is 0 Å². The Labute approximate surface area is 129 Å². The summed E-state index contributed by atoms with van der Waals surface area (Å²) >= 11 is 5.80. The predicted molar refractivity (Wildman–Crippen MR) is 78.8 cm³/mol. The first-order valence-electron chi connectivity index (χ1n) is 5.58. The monoisotopic (exact) mass is 347 g/mol. The topological polar surface area (TPSA) is 63.2 Å². The Bertz CT molecular complexity index is 792. The van der Waals surface area contributed by atoms with Gasteiger partial charge in [-0.3, -0.25) is 4.79 Å². The highest BCUT2D eigenvalue weighted by Crippen LogP contribution is 2.27. The van der Waals surface area contributed by atoms with Crippen LogP contribution in [-0.4, -0.2) is 14.3 Å². The minimum absolute atomic E-state index is 0.109. The highest BCUT2D eigenvalue weighted by molar-refractivity contribution is 8.13. The van der Waals surface area contributed by atoms with Crippen molar-refractivity contribution in [3.63, 3.8) is 0 Å². The zero-order valence-electron chi connectivity index (χ0n) is 10.3. The van der Waals surface area contributed by atoms with Gasteiger partial charge in [0.2, 0.25) is 0 Å². The van der Waals surface area contributed by atoms with Crippen LogP contribution in [-0.2, 0) is 9.05 Å². The van der Waals surface area contributed by atoms with Crippen LogP contribution in [0.3, 0.4) is 0 Å². The van der Waals surface area contributed by atoms with Crippen molar-refractivity contribution in [1.82, 2.24) is 0 Å². The fourth-order valence-electron chi connectivity index (χ4n) is 1.58. The number of carbonyl (C=O) groups excluding carboxylic acids is 1. The molecule has 0 aromatic heterocycles. The van der Waals surface area contributed by atoms with E-state index in [1.165, 1.54) is 30.3 Å². The number of benzene rings is 2. The van der Waals surface area contributed by atoms with Crippen LogP contribution in [0.2, 0.25) is 5.02 Å². The lowest BCUT2D eigenvalue weighted by Gasteiger charge is -2.07. The Kier molecular flexibility index (Phi) is 4.51. The van der Waals surface area contributed by atoms with Crippen LogP contribution in [0.4, 0.5) is 10.1 Å². The zero-order chi connectivity index (χ0) is 15.6. The van der Waals surface area contributed by atoms with Crippen molar-refractivity contribution in [2.75, 3.05) is 5.32 Å². The summed E-state index contributed by atoms with van der Waals surface area (Å²) in [5.41, 5.74) is 0.542. The first-order chi connectivity index (χ1) is 9.77. The maximum Gasteiger partial charge on any atom is 0.262 e. The molecule has 1 amide bonds. The molecule has 0 saturated carbocycles. The van der Waals surface area contributed by atoms with E-state index in [0.717, 1.165) is 12.1 Å². The molecular weight excluding hydrogens is 340 g/mol. The van der Waals surface area contributed by atoms with Gasteiger partial charge in [0.15, 0.2) is 0 Å². The fraction of sp³-hybridized carbons (Fsp3) is 0. The van der Waals surface area contributed by atoms with Crippen LogP contribution in [0.15, 0.2) is 47.4 Å². The van der Waals surface area contributed by atoms with Crippen LogP contribution in [0.5, 0.6) is 0 Å². The summed E-state index contributed by atoms with van der Waals surface area (Å²) in [5.74, 6) is -0.932. The molecule has 2 aromatic rings. The minimum atomic E-state index is -3.95. The molecule has 110 valence electrons. The summed E-state index contributed by atoms with van der Waals surface area (Å²) in [6, 6.07) is 8.76. The van der Waals surface area contributed by atoms with E-state index in [1.54, 1.807) is 0 Å². The van der Waals surface area contributed by atoms with Gasteiger partial charge < -0.3 is 5.32 Å². The van der Waals surface area contributed by atoms with Gasteiger partial charge >= 0.3 is 0 Å². The quantitative estimate of drug-likeness (QED) is 0.861. The molecule has 0 aliphatic carbocycles. The van der Waals surface area contributed by atoms with E-state index in [0.29, 0.717) is 5.69 Å². The molecule has 0 radical (unpaired) electrons. The summed E-state index contributed by atoms with van der Waals surface area (Å²) in [6.45, 7) is 0.